The summed E-state index contributed by atoms with van der Waals surface area (Å²) >= 11 is 0. The number of benzene rings is 1. The third-order valence-corrected chi connectivity index (χ3v) is 4.97. The highest BCUT2D eigenvalue weighted by atomic mass is 16.2. The van der Waals surface area contributed by atoms with Gasteiger partial charge in [0.05, 0.1) is 6.20 Å². The lowest BCUT2D eigenvalue weighted by Crippen LogP contribution is -2.39. The zero-order valence-corrected chi connectivity index (χ0v) is 13.9. The molecule has 0 N–H and O–H groups in total. The smallest absolute Gasteiger partial charge is 0.272 e. The predicted molar refractivity (Wildman–Crippen MR) is 94.2 cm³/mol. The minimum atomic E-state index is 0.0759. The van der Waals surface area contributed by atoms with Gasteiger partial charge in [0.15, 0.2) is 0 Å². The van der Waals surface area contributed by atoms with Crippen molar-refractivity contribution in [2.75, 3.05) is 13.1 Å². The Morgan fingerprint density at radius 2 is 2.00 bits per heavy atom. The molecule has 24 heavy (non-hydrogen) atoms. The van der Waals surface area contributed by atoms with Crippen molar-refractivity contribution in [2.45, 2.75) is 25.7 Å². The van der Waals surface area contributed by atoms with E-state index >= 15 is 0 Å². The summed E-state index contributed by atoms with van der Waals surface area (Å²) in [5, 5.41) is 0. The van der Waals surface area contributed by atoms with Gasteiger partial charge in [-0.2, -0.15) is 0 Å². The zero-order valence-electron chi connectivity index (χ0n) is 13.9. The van der Waals surface area contributed by atoms with E-state index in [1.807, 2.05) is 33.7 Å². The maximum Gasteiger partial charge on any atom is 0.272 e. The first-order valence-electron chi connectivity index (χ1n) is 8.51. The molecule has 0 aliphatic carbocycles. The number of fused-ring (bicyclic) bond motifs is 1. The number of carbonyl (C=O) groups is 1. The van der Waals surface area contributed by atoms with Crippen molar-refractivity contribution in [1.82, 2.24) is 14.3 Å². The average Bonchev–Trinajstić information content (AvgIpc) is 3.06. The number of amides is 1. The van der Waals surface area contributed by atoms with E-state index in [9.17, 15) is 4.79 Å². The second-order valence-electron chi connectivity index (χ2n) is 6.52. The highest BCUT2D eigenvalue weighted by Crippen LogP contribution is 2.29. The van der Waals surface area contributed by atoms with Crippen molar-refractivity contribution in [3.8, 4) is 0 Å². The Morgan fingerprint density at radius 1 is 1.17 bits per heavy atom. The molecule has 0 unspecified atom stereocenters. The molecule has 0 saturated carbocycles. The van der Waals surface area contributed by atoms with Gasteiger partial charge in [0.25, 0.3) is 5.91 Å². The second kappa shape index (κ2) is 6.11. The van der Waals surface area contributed by atoms with E-state index < -0.39 is 0 Å². The van der Waals surface area contributed by atoms with Crippen LogP contribution in [-0.2, 0) is 0 Å². The first-order valence-corrected chi connectivity index (χ1v) is 8.51. The topological polar surface area (TPSA) is 37.6 Å². The van der Waals surface area contributed by atoms with Gasteiger partial charge in [-0.25, -0.2) is 4.98 Å². The van der Waals surface area contributed by atoms with Crippen LogP contribution in [0.1, 0.15) is 40.4 Å². The van der Waals surface area contributed by atoms with Gasteiger partial charge in [-0.1, -0.05) is 30.3 Å². The van der Waals surface area contributed by atoms with Gasteiger partial charge in [0, 0.05) is 25.2 Å². The predicted octanol–water partition coefficient (Wildman–Crippen LogP) is 3.66. The number of aryl methyl sites for hydroxylation is 1. The van der Waals surface area contributed by atoms with E-state index in [-0.39, 0.29) is 5.91 Å². The number of aromatic nitrogens is 2. The Morgan fingerprint density at radius 3 is 2.88 bits per heavy atom. The number of hydrogen-bond acceptors (Lipinski definition) is 2. The number of likely N-dealkylation sites (tertiary alicyclic amines) is 1. The number of carbonyl (C=O) groups excluding carboxylic acids is 1. The Labute approximate surface area is 141 Å². The summed E-state index contributed by atoms with van der Waals surface area (Å²) in [6.07, 6.45) is 5.77. The second-order valence-corrected chi connectivity index (χ2v) is 6.52. The summed E-state index contributed by atoms with van der Waals surface area (Å²) in [5.41, 5.74) is 4.14. The molecule has 4 heteroatoms. The first-order chi connectivity index (χ1) is 11.7. The molecule has 4 nitrogen and oxygen atoms in total. The van der Waals surface area contributed by atoms with Crippen molar-refractivity contribution in [3.63, 3.8) is 0 Å². The van der Waals surface area contributed by atoms with Crippen LogP contribution in [0.4, 0.5) is 0 Å². The number of nitrogens with zero attached hydrogens (tertiary/aromatic N) is 3. The molecule has 3 heterocycles. The summed E-state index contributed by atoms with van der Waals surface area (Å²) in [4.78, 5) is 19.3. The van der Waals surface area contributed by atoms with Crippen LogP contribution >= 0.6 is 0 Å². The highest BCUT2D eigenvalue weighted by molar-refractivity contribution is 5.93. The molecule has 0 radical (unpaired) electrons. The molecule has 1 amide bonds. The maximum absolute atomic E-state index is 13.0. The van der Waals surface area contributed by atoms with Gasteiger partial charge in [-0.3, -0.25) is 9.20 Å². The molecule has 1 aromatic carbocycles. The van der Waals surface area contributed by atoms with Crippen LogP contribution in [0.2, 0.25) is 0 Å². The maximum atomic E-state index is 13.0. The standard InChI is InChI=1S/C20H21N3O/c1-15-7-2-3-9-17(15)16-8-6-11-22(14-16)20(24)18-13-21-19-10-4-5-12-23(18)19/h2-5,7,9-10,12-13,16H,6,8,11,14H2,1H3/t16-/m0/s1. The molecule has 4 rings (SSSR count). The monoisotopic (exact) mass is 319 g/mol. The lowest BCUT2D eigenvalue weighted by molar-refractivity contribution is 0.0700. The fourth-order valence-electron chi connectivity index (χ4n) is 3.71. The van der Waals surface area contributed by atoms with Gasteiger partial charge in [0.1, 0.15) is 11.3 Å². The molecule has 2 aromatic heterocycles. The zero-order chi connectivity index (χ0) is 16.5. The van der Waals surface area contributed by atoms with Gasteiger partial charge in [-0.15, -0.1) is 0 Å². The number of imidazole rings is 1. The van der Waals surface area contributed by atoms with Crippen LogP contribution in [0.25, 0.3) is 5.65 Å². The Balaban J connectivity index is 1.60. The van der Waals surface area contributed by atoms with Crippen LogP contribution < -0.4 is 0 Å². The quantitative estimate of drug-likeness (QED) is 0.723. The molecular formula is C20H21N3O. The van der Waals surface area contributed by atoms with Crippen LogP contribution in [0.3, 0.4) is 0 Å². The summed E-state index contributed by atoms with van der Waals surface area (Å²) in [7, 11) is 0. The summed E-state index contributed by atoms with van der Waals surface area (Å²) < 4.78 is 1.87. The molecule has 1 atom stereocenters. The van der Waals surface area contributed by atoms with Crippen LogP contribution in [0.5, 0.6) is 0 Å². The van der Waals surface area contributed by atoms with Crippen LogP contribution in [0, 0.1) is 6.92 Å². The van der Waals surface area contributed by atoms with E-state index in [0.29, 0.717) is 11.6 Å². The lowest BCUT2D eigenvalue weighted by atomic mass is 9.88. The Bertz CT molecular complexity index is 883. The van der Waals surface area contributed by atoms with Crippen molar-refractivity contribution < 1.29 is 4.79 Å². The van der Waals surface area contributed by atoms with Crippen molar-refractivity contribution in [2.24, 2.45) is 0 Å². The number of pyridine rings is 1. The summed E-state index contributed by atoms with van der Waals surface area (Å²) in [6.45, 7) is 3.76. The van der Waals surface area contributed by atoms with E-state index in [0.717, 1.165) is 31.6 Å². The minimum Gasteiger partial charge on any atom is -0.337 e. The SMILES string of the molecule is Cc1ccccc1[C@H]1CCCN(C(=O)c2cnc3ccccn23)C1. The molecule has 0 spiro atoms. The Kier molecular flexibility index (Phi) is 3.81. The van der Waals surface area contributed by atoms with Crippen LogP contribution in [-0.4, -0.2) is 33.3 Å². The molecular weight excluding hydrogens is 298 g/mol. The minimum absolute atomic E-state index is 0.0759. The van der Waals surface area contributed by atoms with Gasteiger partial charge in [-0.05, 0) is 43.0 Å². The summed E-state index contributed by atoms with van der Waals surface area (Å²) in [5.74, 6) is 0.495. The molecule has 3 aromatic rings. The number of hydrogen-bond donors (Lipinski definition) is 0. The molecule has 1 saturated heterocycles. The molecule has 0 bridgehead atoms. The van der Waals surface area contributed by atoms with Gasteiger partial charge >= 0.3 is 0 Å². The van der Waals surface area contributed by atoms with Crippen LogP contribution in [0.15, 0.2) is 54.9 Å². The normalized spacial score (nSPS) is 18.0. The van der Waals surface area contributed by atoms with Crippen molar-refractivity contribution >= 4 is 11.6 Å². The fraction of sp³-hybridized carbons (Fsp3) is 0.300. The number of rotatable bonds is 2. The van der Waals surface area contributed by atoms with Gasteiger partial charge in [0.2, 0.25) is 0 Å². The third-order valence-electron chi connectivity index (χ3n) is 4.97. The third kappa shape index (κ3) is 2.58. The molecule has 122 valence electrons. The van der Waals surface area contributed by atoms with E-state index in [1.165, 1.54) is 11.1 Å². The van der Waals surface area contributed by atoms with Gasteiger partial charge < -0.3 is 4.90 Å². The largest absolute Gasteiger partial charge is 0.337 e. The first kappa shape index (κ1) is 14.9. The van der Waals surface area contributed by atoms with E-state index in [2.05, 4.69) is 36.2 Å². The van der Waals surface area contributed by atoms with E-state index in [4.69, 9.17) is 0 Å². The fourth-order valence-corrected chi connectivity index (χ4v) is 3.71. The lowest BCUT2D eigenvalue weighted by Gasteiger charge is -2.33. The summed E-state index contributed by atoms with van der Waals surface area (Å²) in [6, 6.07) is 14.3. The molecule has 1 aliphatic heterocycles. The number of piperidine rings is 1. The molecule has 1 fully saturated rings. The Hall–Kier alpha value is -2.62. The van der Waals surface area contributed by atoms with Crippen molar-refractivity contribution in [3.05, 3.63) is 71.7 Å². The molecule has 1 aliphatic rings. The van der Waals surface area contributed by atoms with Crippen molar-refractivity contribution in [1.29, 1.82) is 0 Å². The van der Waals surface area contributed by atoms with E-state index in [1.54, 1.807) is 6.20 Å². The highest BCUT2D eigenvalue weighted by Gasteiger charge is 2.27. The average molecular weight is 319 g/mol.